The summed E-state index contributed by atoms with van der Waals surface area (Å²) in [5.41, 5.74) is 7.41. The van der Waals surface area contributed by atoms with E-state index in [4.69, 9.17) is 5.73 Å². The highest BCUT2D eigenvalue weighted by Gasteiger charge is 2.27. The number of nitrogen functional groups attached to an aromatic ring is 1. The van der Waals surface area contributed by atoms with Crippen LogP contribution in [-0.4, -0.2) is 23.4 Å². The Kier molecular flexibility index (Phi) is 3.95. The van der Waals surface area contributed by atoms with Gasteiger partial charge in [0.15, 0.2) is 0 Å². The largest absolute Gasteiger partial charge is 0.399 e. The van der Waals surface area contributed by atoms with Crippen molar-refractivity contribution in [2.45, 2.75) is 16.8 Å². The van der Waals surface area contributed by atoms with Crippen LogP contribution in [0.3, 0.4) is 0 Å². The second-order valence-electron chi connectivity index (χ2n) is 4.92. The highest BCUT2D eigenvalue weighted by Crippen LogP contribution is 2.28. The van der Waals surface area contributed by atoms with Gasteiger partial charge in [0.2, 0.25) is 14.9 Å². The Morgan fingerprint density at radius 2 is 1.74 bits per heavy atom. The van der Waals surface area contributed by atoms with Gasteiger partial charge in [0.05, 0.1) is 16.3 Å². The number of benzene rings is 2. The quantitative estimate of drug-likeness (QED) is 0.691. The molecule has 23 heavy (non-hydrogen) atoms. The lowest BCUT2D eigenvalue weighted by atomic mass is 10.3. The first-order valence-electron chi connectivity index (χ1n) is 6.69. The minimum atomic E-state index is -3.76. The van der Waals surface area contributed by atoms with Crippen molar-refractivity contribution in [3.8, 4) is 5.69 Å². The molecule has 0 spiro atoms. The van der Waals surface area contributed by atoms with E-state index in [0.717, 1.165) is 0 Å². The topological polar surface area (TPSA) is 90.9 Å². The smallest absolute Gasteiger partial charge is 0.228 e. The zero-order chi connectivity index (χ0) is 16.6. The van der Waals surface area contributed by atoms with Crippen molar-refractivity contribution in [1.29, 1.82) is 0 Å². The van der Waals surface area contributed by atoms with Crippen molar-refractivity contribution >= 4 is 31.5 Å². The van der Waals surface area contributed by atoms with Crippen molar-refractivity contribution in [1.82, 2.24) is 15.0 Å². The summed E-state index contributed by atoms with van der Waals surface area (Å²) in [5.74, 6) is 0. The molecule has 0 amide bonds. The van der Waals surface area contributed by atoms with Gasteiger partial charge in [-0.05, 0) is 59.3 Å². The zero-order valence-electron chi connectivity index (χ0n) is 12.1. The molecule has 0 radical (unpaired) electrons. The van der Waals surface area contributed by atoms with E-state index in [2.05, 4.69) is 26.2 Å². The number of hydrogen-bond donors (Lipinski definition) is 1. The molecular weight excluding hydrogens is 380 g/mol. The van der Waals surface area contributed by atoms with E-state index >= 15 is 0 Å². The third-order valence-electron chi connectivity index (χ3n) is 3.37. The van der Waals surface area contributed by atoms with E-state index in [1.165, 1.54) is 10.7 Å². The van der Waals surface area contributed by atoms with Crippen LogP contribution in [-0.2, 0) is 9.84 Å². The lowest BCUT2D eigenvalue weighted by molar-refractivity contribution is 0.590. The minimum absolute atomic E-state index is 0.0683. The van der Waals surface area contributed by atoms with Crippen molar-refractivity contribution in [2.24, 2.45) is 0 Å². The maximum absolute atomic E-state index is 12.8. The van der Waals surface area contributed by atoms with Gasteiger partial charge in [0.1, 0.15) is 0 Å². The van der Waals surface area contributed by atoms with Crippen molar-refractivity contribution < 1.29 is 8.42 Å². The summed E-state index contributed by atoms with van der Waals surface area (Å²) < 4.78 is 27.6. The third kappa shape index (κ3) is 2.75. The number of rotatable bonds is 3. The summed E-state index contributed by atoms with van der Waals surface area (Å²) in [5, 5.41) is 7.78. The molecule has 3 aromatic rings. The average molecular weight is 393 g/mol. The van der Waals surface area contributed by atoms with Gasteiger partial charge in [0, 0.05) is 10.2 Å². The fourth-order valence-corrected chi connectivity index (χ4v) is 4.53. The van der Waals surface area contributed by atoms with E-state index in [-0.39, 0.29) is 9.92 Å². The average Bonchev–Trinajstić information content (AvgIpc) is 2.91. The SMILES string of the molecule is Cc1c(S(=O)(=O)c2ccccc2Br)nnn1-c1ccc(N)cc1. The van der Waals surface area contributed by atoms with Crippen LogP contribution in [0, 0.1) is 6.92 Å². The number of aromatic nitrogens is 3. The molecule has 0 aliphatic carbocycles. The Morgan fingerprint density at radius 1 is 1.09 bits per heavy atom. The number of halogens is 1. The number of sulfone groups is 1. The Labute approximate surface area is 142 Å². The van der Waals surface area contributed by atoms with Crippen LogP contribution >= 0.6 is 15.9 Å². The molecule has 1 heterocycles. The van der Waals surface area contributed by atoms with Gasteiger partial charge in [-0.25, -0.2) is 13.1 Å². The van der Waals surface area contributed by atoms with Crippen molar-refractivity contribution in [3.05, 3.63) is 58.7 Å². The zero-order valence-corrected chi connectivity index (χ0v) is 14.5. The van der Waals surface area contributed by atoms with Crippen molar-refractivity contribution in [3.63, 3.8) is 0 Å². The Morgan fingerprint density at radius 3 is 2.39 bits per heavy atom. The molecule has 6 nitrogen and oxygen atoms in total. The molecule has 1 aromatic heterocycles. The Hall–Kier alpha value is -2.19. The third-order valence-corrected chi connectivity index (χ3v) is 6.15. The van der Waals surface area contributed by atoms with Gasteiger partial charge >= 0.3 is 0 Å². The van der Waals surface area contributed by atoms with Crippen LogP contribution in [0.4, 0.5) is 5.69 Å². The second kappa shape index (κ2) is 5.78. The molecule has 2 N–H and O–H groups in total. The monoisotopic (exact) mass is 392 g/mol. The lowest BCUT2D eigenvalue weighted by Gasteiger charge is -2.06. The molecule has 2 aromatic carbocycles. The van der Waals surface area contributed by atoms with E-state index in [9.17, 15) is 8.42 Å². The first-order chi connectivity index (χ1) is 10.9. The van der Waals surface area contributed by atoms with E-state index in [1.807, 2.05) is 0 Å². The highest BCUT2D eigenvalue weighted by molar-refractivity contribution is 9.10. The molecule has 0 saturated carbocycles. The summed E-state index contributed by atoms with van der Waals surface area (Å²) in [4.78, 5) is 0.160. The van der Waals surface area contributed by atoms with E-state index < -0.39 is 9.84 Å². The van der Waals surface area contributed by atoms with Crippen LogP contribution in [0.5, 0.6) is 0 Å². The number of nitrogens with two attached hydrogens (primary N) is 1. The molecule has 8 heteroatoms. The van der Waals surface area contributed by atoms with Gasteiger partial charge in [-0.3, -0.25) is 0 Å². The van der Waals surface area contributed by atoms with Gasteiger partial charge < -0.3 is 5.73 Å². The standard InChI is InChI=1S/C15H13BrN4O2S/c1-10-15(23(21,22)14-5-3-2-4-13(14)16)18-19-20(10)12-8-6-11(17)7-9-12/h2-9H,17H2,1H3. The highest BCUT2D eigenvalue weighted by atomic mass is 79.9. The molecule has 0 saturated heterocycles. The summed E-state index contributed by atoms with van der Waals surface area (Å²) in [6.07, 6.45) is 0. The van der Waals surface area contributed by atoms with Crippen LogP contribution in [0.15, 0.2) is 62.9 Å². The second-order valence-corrected chi connectivity index (χ2v) is 7.60. The van der Waals surface area contributed by atoms with Gasteiger partial charge in [-0.2, -0.15) is 0 Å². The first kappa shape index (κ1) is 15.7. The number of anilines is 1. The maximum atomic E-state index is 12.8. The molecule has 0 bridgehead atoms. The molecule has 0 atom stereocenters. The summed E-state index contributed by atoms with van der Waals surface area (Å²) in [7, 11) is -3.76. The molecular formula is C15H13BrN4O2S. The lowest BCUT2D eigenvalue weighted by Crippen LogP contribution is -2.06. The van der Waals surface area contributed by atoms with Crippen LogP contribution in [0.1, 0.15) is 5.69 Å². The van der Waals surface area contributed by atoms with Gasteiger partial charge in [-0.15, -0.1) is 5.10 Å². The summed E-state index contributed by atoms with van der Waals surface area (Å²) >= 11 is 3.27. The predicted molar refractivity (Wildman–Crippen MR) is 90.1 cm³/mol. The number of nitrogens with zero attached hydrogens (tertiary/aromatic N) is 3. The fraction of sp³-hybridized carbons (Fsp3) is 0.0667. The molecule has 0 aliphatic heterocycles. The molecule has 118 valence electrons. The normalized spacial score (nSPS) is 11.6. The molecule has 0 unspecified atom stereocenters. The Balaban J connectivity index is 2.12. The van der Waals surface area contributed by atoms with Gasteiger partial charge in [-0.1, -0.05) is 17.3 Å². The molecule has 0 fully saturated rings. The van der Waals surface area contributed by atoms with Crippen molar-refractivity contribution in [2.75, 3.05) is 5.73 Å². The maximum Gasteiger partial charge on any atom is 0.228 e. The Bertz CT molecular complexity index is 965. The fourth-order valence-electron chi connectivity index (χ4n) is 2.19. The van der Waals surface area contributed by atoms with E-state index in [0.29, 0.717) is 21.5 Å². The number of hydrogen-bond acceptors (Lipinski definition) is 5. The summed E-state index contributed by atoms with van der Waals surface area (Å²) in [6.45, 7) is 1.67. The van der Waals surface area contributed by atoms with Crippen LogP contribution < -0.4 is 5.73 Å². The minimum Gasteiger partial charge on any atom is -0.399 e. The van der Waals surface area contributed by atoms with Crippen LogP contribution in [0.2, 0.25) is 0 Å². The van der Waals surface area contributed by atoms with Gasteiger partial charge in [0.25, 0.3) is 0 Å². The first-order valence-corrected chi connectivity index (χ1v) is 8.96. The van der Waals surface area contributed by atoms with E-state index in [1.54, 1.807) is 49.4 Å². The summed E-state index contributed by atoms with van der Waals surface area (Å²) in [6, 6.07) is 13.6. The molecule has 3 rings (SSSR count). The van der Waals surface area contributed by atoms with Crippen LogP contribution in [0.25, 0.3) is 5.69 Å². The molecule has 0 aliphatic rings. The predicted octanol–water partition coefficient (Wildman–Crippen LogP) is 2.75.